The molecule has 8 nitrogen and oxygen atoms in total. The Bertz CT molecular complexity index is 1070. The number of carbonyl (C=O) groups excluding carboxylic acids is 2. The van der Waals surface area contributed by atoms with Crippen molar-refractivity contribution in [3.05, 3.63) is 70.8 Å². The fraction of sp³-hybridized carbons (Fsp3) is 0.238. The van der Waals surface area contributed by atoms with Crippen molar-refractivity contribution in [1.82, 2.24) is 20.5 Å². The molecule has 1 aromatic heterocycles. The Morgan fingerprint density at radius 3 is 2.70 bits per heavy atom. The Balaban J connectivity index is 1.54. The maximum absolute atomic E-state index is 12.8. The summed E-state index contributed by atoms with van der Waals surface area (Å²) in [5.41, 5.74) is 1.97. The first-order valence-electron chi connectivity index (χ1n) is 9.62. The van der Waals surface area contributed by atoms with Gasteiger partial charge in [-0.3, -0.25) is 9.89 Å². The molecule has 0 saturated carbocycles. The van der Waals surface area contributed by atoms with E-state index in [1.807, 2.05) is 30.3 Å². The number of anilines is 2. The minimum atomic E-state index is -0.543. The second-order valence-electron chi connectivity index (χ2n) is 7.03. The van der Waals surface area contributed by atoms with Crippen LogP contribution in [0.25, 0.3) is 0 Å². The molecular formula is C21H21ClN6O2. The number of amides is 3. The van der Waals surface area contributed by atoms with Gasteiger partial charge < -0.3 is 15.5 Å². The molecule has 3 aromatic rings. The van der Waals surface area contributed by atoms with E-state index in [9.17, 15) is 9.59 Å². The van der Waals surface area contributed by atoms with E-state index in [0.29, 0.717) is 41.0 Å². The number of nitrogens with zero attached hydrogens (tertiary/aromatic N) is 3. The minimum Gasteiger partial charge on any atom is -0.324 e. The highest BCUT2D eigenvalue weighted by atomic mass is 35.5. The van der Waals surface area contributed by atoms with Crippen molar-refractivity contribution in [3.8, 4) is 0 Å². The molecule has 30 heavy (non-hydrogen) atoms. The summed E-state index contributed by atoms with van der Waals surface area (Å²) in [5.74, 6) is 1.17. The molecule has 1 aliphatic heterocycles. The van der Waals surface area contributed by atoms with Gasteiger partial charge in [-0.05, 0) is 37.1 Å². The summed E-state index contributed by atoms with van der Waals surface area (Å²) < 4.78 is 0. The highest BCUT2D eigenvalue weighted by Gasteiger charge is 2.24. The number of nitrogens with one attached hydrogen (secondary N) is 3. The molecule has 0 bridgehead atoms. The van der Waals surface area contributed by atoms with Crippen LogP contribution in [0.15, 0.2) is 48.5 Å². The lowest BCUT2D eigenvalue weighted by Gasteiger charge is -2.19. The largest absolute Gasteiger partial charge is 0.324 e. The van der Waals surface area contributed by atoms with Gasteiger partial charge in [0.1, 0.15) is 11.9 Å². The van der Waals surface area contributed by atoms with E-state index in [1.165, 1.54) is 0 Å². The minimum absolute atomic E-state index is 0.0665. The highest BCUT2D eigenvalue weighted by molar-refractivity contribution is 6.33. The summed E-state index contributed by atoms with van der Waals surface area (Å²) in [4.78, 5) is 30.9. The van der Waals surface area contributed by atoms with E-state index in [4.69, 9.17) is 11.6 Å². The van der Waals surface area contributed by atoms with Gasteiger partial charge in [-0.2, -0.15) is 5.10 Å². The Kier molecular flexibility index (Phi) is 5.67. The van der Waals surface area contributed by atoms with E-state index in [2.05, 4.69) is 25.8 Å². The molecule has 154 valence electrons. The highest BCUT2D eigenvalue weighted by Crippen LogP contribution is 2.30. The van der Waals surface area contributed by atoms with E-state index in [1.54, 1.807) is 30.0 Å². The molecule has 0 aliphatic carbocycles. The lowest BCUT2D eigenvalue weighted by atomic mass is 10.1. The molecule has 4 rings (SSSR count). The lowest BCUT2D eigenvalue weighted by molar-refractivity contribution is -0.117. The SMILES string of the molecule is Cc1nc(C(NC(=O)Nc2cc(N3CCCC3=O)ccc2Cl)c2ccccc2)n[nH]1. The zero-order valence-electron chi connectivity index (χ0n) is 16.4. The zero-order valence-corrected chi connectivity index (χ0v) is 17.1. The molecule has 0 radical (unpaired) electrons. The molecular weight excluding hydrogens is 404 g/mol. The maximum atomic E-state index is 12.8. The van der Waals surface area contributed by atoms with Gasteiger partial charge in [0.15, 0.2) is 5.82 Å². The number of halogens is 1. The number of hydrogen-bond acceptors (Lipinski definition) is 4. The van der Waals surface area contributed by atoms with Crippen LogP contribution in [0.3, 0.4) is 0 Å². The molecule has 1 atom stereocenters. The average molecular weight is 425 g/mol. The third-order valence-corrected chi connectivity index (χ3v) is 5.19. The number of rotatable bonds is 5. The van der Waals surface area contributed by atoms with Crippen LogP contribution in [0.4, 0.5) is 16.2 Å². The van der Waals surface area contributed by atoms with Crippen molar-refractivity contribution in [2.24, 2.45) is 0 Å². The van der Waals surface area contributed by atoms with Crippen molar-refractivity contribution in [2.75, 3.05) is 16.8 Å². The number of urea groups is 1. The first-order chi connectivity index (χ1) is 14.5. The summed E-state index contributed by atoms with van der Waals surface area (Å²) >= 11 is 6.28. The van der Waals surface area contributed by atoms with Gasteiger partial charge in [0.25, 0.3) is 0 Å². The summed E-state index contributed by atoms with van der Waals surface area (Å²) in [7, 11) is 0. The fourth-order valence-electron chi connectivity index (χ4n) is 3.42. The van der Waals surface area contributed by atoms with Crippen LogP contribution in [0.5, 0.6) is 0 Å². The molecule has 2 heterocycles. The maximum Gasteiger partial charge on any atom is 0.320 e. The number of hydrogen-bond donors (Lipinski definition) is 3. The summed E-state index contributed by atoms with van der Waals surface area (Å²) in [6.45, 7) is 2.45. The van der Waals surface area contributed by atoms with Gasteiger partial charge in [0, 0.05) is 18.7 Å². The lowest BCUT2D eigenvalue weighted by Crippen LogP contribution is -2.34. The Labute approximate surface area is 178 Å². The second-order valence-corrected chi connectivity index (χ2v) is 7.44. The van der Waals surface area contributed by atoms with E-state index in [0.717, 1.165) is 12.0 Å². The number of aromatic amines is 1. The molecule has 3 amide bonds. The third kappa shape index (κ3) is 4.28. The van der Waals surface area contributed by atoms with Crippen molar-refractivity contribution in [1.29, 1.82) is 0 Å². The Morgan fingerprint density at radius 1 is 1.23 bits per heavy atom. The van der Waals surface area contributed by atoms with Crippen molar-refractivity contribution in [2.45, 2.75) is 25.8 Å². The Morgan fingerprint density at radius 2 is 2.03 bits per heavy atom. The number of aromatic nitrogens is 3. The first kappa shape index (κ1) is 19.9. The van der Waals surface area contributed by atoms with Gasteiger partial charge in [0.2, 0.25) is 5.91 Å². The molecule has 3 N–H and O–H groups in total. The second kappa shape index (κ2) is 8.54. The molecule has 9 heteroatoms. The van der Waals surface area contributed by atoms with Crippen molar-refractivity contribution in [3.63, 3.8) is 0 Å². The van der Waals surface area contributed by atoms with Gasteiger partial charge in [-0.25, -0.2) is 9.78 Å². The van der Waals surface area contributed by atoms with E-state index >= 15 is 0 Å². The van der Waals surface area contributed by atoms with Crippen LogP contribution < -0.4 is 15.5 Å². The van der Waals surface area contributed by atoms with Gasteiger partial charge in [-0.15, -0.1) is 0 Å². The van der Waals surface area contributed by atoms with Crippen molar-refractivity contribution >= 4 is 34.9 Å². The summed E-state index contributed by atoms with van der Waals surface area (Å²) in [6.07, 6.45) is 1.35. The number of benzene rings is 2. The predicted octanol–water partition coefficient (Wildman–Crippen LogP) is 3.80. The zero-order chi connectivity index (χ0) is 21.1. The van der Waals surface area contributed by atoms with Gasteiger partial charge in [-0.1, -0.05) is 41.9 Å². The smallest absolute Gasteiger partial charge is 0.320 e. The average Bonchev–Trinajstić information content (AvgIpc) is 3.37. The molecule has 1 unspecified atom stereocenters. The number of H-pyrrole nitrogens is 1. The van der Waals surface area contributed by atoms with E-state index < -0.39 is 12.1 Å². The van der Waals surface area contributed by atoms with Crippen LogP contribution in [0, 0.1) is 6.92 Å². The van der Waals surface area contributed by atoms with Crippen LogP contribution in [0.1, 0.15) is 36.1 Å². The fourth-order valence-corrected chi connectivity index (χ4v) is 3.58. The number of aryl methyl sites for hydroxylation is 1. The van der Waals surface area contributed by atoms with Crippen LogP contribution in [0.2, 0.25) is 5.02 Å². The van der Waals surface area contributed by atoms with Crippen LogP contribution in [-0.2, 0) is 4.79 Å². The molecule has 1 fully saturated rings. The van der Waals surface area contributed by atoms with Crippen LogP contribution in [-0.4, -0.2) is 33.7 Å². The summed E-state index contributed by atoms with van der Waals surface area (Å²) in [5, 5.41) is 13.1. The monoisotopic (exact) mass is 424 g/mol. The van der Waals surface area contributed by atoms with Gasteiger partial charge >= 0.3 is 6.03 Å². The quantitative estimate of drug-likeness (QED) is 0.579. The number of carbonyl (C=O) groups is 2. The van der Waals surface area contributed by atoms with Gasteiger partial charge in [0.05, 0.1) is 10.7 Å². The molecule has 1 aliphatic rings. The Hall–Kier alpha value is -3.39. The van der Waals surface area contributed by atoms with Crippen LogP contribution >= 0.6 is 11.6 Å². The topological polar surface area (TPSA) is 103 Å². The summed E-state index contributed by atoms with van der Waals surface area (Å²) in [6, 6.07) is 13.6. The van der Waals surface area contributed by atoms with E-state index in [-0.39, 0.29) is 5.91 Å². The standard InChI is InChI=1S/C21H21ClN6O2/c1-13-23-20(27-26-13)19(14-6-3-2-4-7-14)25-21(30)24-17-12-15(9-10-16(17)22)28-11-5-8-18(28)29/h2-4,6-7,9-10,12,19H,5,8,11H2,1H3,(H,23,26,27)(H2,24,25,30). The molecule has 0 spiro atoms. The molecule has 2 aromatic carbocycles. The normalized spacial score (nSPS) is 14.6. The first-order valence-corrected chi connectivity index (χ1v) is 10.0. The third-order valence-electron chi connectivity index (χ3n) is 4.86. The molecule has 1 saturated heterocycles. The van der Waals surface area contributed by atoms with Crippen molar-refractivity contribution < 1.29 is 9.59 Å². The predicted molar refractivity (Wildman–Crippen MR) is 115 cm³/mol.